The number of nitrogens with one attached hydrogen (secondary N) is 1. The molecule has 1 aromatic rings. The van der Waals surface area contributed by atoms with Crippen molar-refractivity contribution in [3.05, 3.63) is 17.5 Å². The zero-order valence-electron chi connectivity index (χ0n) is 15.2. The van der Waals surface area contributed by atoms with Crippen molar-refractivity contribution in [2.45, 2.75) is 72.4 Å². The molecule has 0 radical (unpaired) electrons. The molecule has 0 aliphatic carbocycles. The Bertz CT molecular complexity index is 522. The van der Waals surface area contributed by atoms with Crippen LogP contribution in [0.3, 0.4) is 0 Å². The molecule has 5 nitrogen and oxygen atoms in total. The molecule has 0 aliphatic rings. The van der Waals surface area contributed by atoms with Gasteiger partial charge < -0.3 is 10.4 Å². The Morgan fingerprint density at radius 3 is 2.18 bits per heavy atom. The second-order valence-corrected chi connectivity index (χ2v) is 7.89. The van der Waals surface area contributed by atoms with Gasteiger partial charge in [-0.15, -0.1) is 0 Å². The summed E-state index contributed by atoms with van der Waals surface area (Å²) in [6.45, 7) is 16.2. The van der Waals surface area contributed by atoms with Gasteiger partial charge in [-0.25, -0.2) is 0 Å². The number of hydrogen-bond acceptors (Lipinski definition) is 3. The van der Waals surface area contributed by atoms with Gasteiger partial charge in [-0.1, -0.05) is 27.7 Å². The van der Waals surface area contributed by atoms with Gasteiger partial charge in [0.05, 0.1) is 11.1 Å². The van der Waals surface area contributed by atoms with Crippen molar-refractivity contribution in [1.29, 1.82) is 0 Å². The van der Waals surface area contributed by atoms with E-state index in [1.807, 2.05) is 24.6 Å². The van der Waals surface area contributed by atoms with E-state index in [0.717, 1.165) is 5.69 Å². The highest BCUT2D eigenvalue weighted by Gasteiger charge is 2.27. The normalized spacial score (nSPS) is 15.2. The number of nitrogens with zero attached hydrogens (tertiary/aromatic N) is 2. The summed E-state index contributed by atoms with van der Waals surface area (Å²) in [7, 11) is 0. The molecular formula is C17H31N3O2. The Morgan fingerprint density at radius 1 is 1.27 bits per heavy atom. The monoisotopic (exact) mass is 309 g/mol. The summed E-state index contributed by atoms with van der Waals surface area (Å²) in [4.78, 5) is 12.3. The van der Waals surface area contributed by atoms with Crippen LogP contribution in [0.5, 0.6) is 0 Å². The average Bonchev–Trinajstić information content (AvgIpc) is 2.80. The lowest BCUT2D eigenvalue weighted by molar-refractivity contribution is 0.0141. The van der Waals surface area contributed by atoms with Gasteiger partial charge in [0.25, 0.3) is 5.91 Å². The van der Waals surface area contributed by atoms with E-state index in [9.17, 15) is 9.90 Å². The smallest absolute Gasteiger partial charge is 0.271 e. The van der Waals surface area contributed by atoms with Gasteiger partial charge in [0.15, 0.2) is 0 Å². The fourth-order valence-corrected chi connectivity index (χ4v) is 2.01. The van der Waals surface area contributed by atoms with Crippen molar-refractivity contribution in [3.63, 3.8) is 0 Å². The predicted molar refractivity (Wildman–Crippen MR) is 89.1 cm³/mol. The number of carbonyl (C=O) groups excluding carboxylic acids is 1. The molecule has 0 aromatic carbocycles. The van der Waals surface area contributed by atoms with E-state index in [4.69, 9.17) is 0 Å². The van der Waals surface area contributed by atoms with E-state index in [2.05, 4.69) is 45.0 Å². The third-order valence-electron chi connectivity index (χ3n) is 4.05. The maximum absolute atomic E-state index is 12.3. The third-order valence-corrected chi connectivity index (χ3v) is 4.05. The molecule has 0 fully saturated rings. The van der Waals surface area contributed by atoms with Crippen molar-refractivity contribution in [3.8, 4) is 0 Å². The molecular weight excluding hydrogens is 278 g/mol. The molecule has 1 atom stereocenters. The molecule has 0 saturated carbocycles. The Morgan fingerprint density at radius 2 is 1.82 bits per heavy atom. The second kappa shape index (κ2) is 6.41. The molecule has 22 heavy (non-hydrogen) atoms. The Kier molecular flexibility index (Phi) is 5.44. The van der Waals surface area contributed by atoms with Crippen molar-refractivity contribution in [2.75, 3.05) is 6.54 Å². The van der Waals surface area contributed by atoms with Crippen LogP contribution in [0.15, 0.2) is 6.07 Å². The minimum absolute atomic E-state index is 0.0613. The van der Waals surface area contributed by atoms with Gasteiger partial charge in [0, 0.05) is 12.2 Å². The molecule has 126 valence electrons. The van der Waals surface area contributed by atoms with Gasteiger partial charge >= 0.3 is 0 Å². The summed E-state index contributed by atoms with van der Waals surface area (Å²) in [6.07, 6.45) is 0. The minimum Gasteiger partial charge on any atom is -0.388 e. The van der Waals surface area contributed by atoms with Gasteiger partial charge in [-0.3, -0.25) is 9.48 Å². The highest BCUT2D eigenvalue weighted by Crippen LogP contribution is 2.23. The number of rotatable bonds is 5. The Balaban J connectivity index is 2.96. The van der Waals surface area contributed by atoms with Crippen LogP contribution < -0.4 is 5.32 Å². The molecule has 1 heterocycles. The van der Waals surface area contributed by atoms with Crippen LogP contribution in [0, 0.1) is 5.92 Å². The van der Waals surface area contributed by atoms with Crippen molar-refractivity contribution in [1.82, 2.24) is 15.1 Å². The van der Waals surface area contributed by atoms with Gasteiger partial charge in [0.2, 0.25) is 0 Å². The number of aromatic nitrogens is 2. The maximum atomic E-state index is 12.3. The molecule has 5 heteroatoms. The molecule has 0 spiro atoms. The Labute approximate surface area is 134 Å². The van der Waals surface area contributed by atoms with Gasteiger partial charge in [-0.2, -0.15) is 5.10 Å². The fourth-order valence-electron chi connectivity index (χ4n) is 2.01. The fraction of sp³-hybridized carbons (Fsp3) is 0.765. The average molecular weight is 309 g/mol. The van der Waals surface area contributed by atoms with Crippen LogP contribution in [0.4, 0.5) is 0 Å². The number of carbonyl (C=O) groups is 1. The van der Waals surface area contributed by atoms with E-state index in [1.165, 1.54) is 0 Å². The maximum Gasteiger partial charge on any atom is 0.271 e. The number of hydrogen-bond donors (Lipinski definition) is 2. The first-order chi connectivity index (χ1) is 9.86. The molecule has 0 aliphatic heterocycles. The lowest BCUT2D eigenvalue weighted by atomic mass is 9.92. The van der Waals surface area contributed by atoms with Gasteiger partial charge in [-0.05, 0) is 45.6 Å². The Hall–Kier alpha value is -1.36. The lowest BCUT2D eigenvalue weighted by Crippen LogP contribution is -2.44. The second-order valence-electron chi connectivity index (χ2n) is 7.89. The van der Waals surface area contributed by atoms with Crippen LogP contribution >= 0.6 is 0 Å². The summed E-state index contributed by atoms with van der Waals surface area (Å²) < 4.78 is 1.91. The SMILES string of the molecule is CC(C)c1cc(C(=O)NCC(C)(O)C(C)C)nn1C(C)(C)C. The van der Waals surface area contributed by atoms with Crippen LogP contribution in [0.25, 0.3) is 0 Å². The summed E-state index contributed by atoms with van der Waals surface area (Å²) >= 11 is 0. The third kappa shape index (κ3) is 4.32. The van der Waals surface area contributed by atoms with E-state index in [-0.39, 0.29) is 29.8 Å². The van der Waals surface area contributed by atoms with Gasteiger partial charge in [0.1, 0.15) is 5.69 Å². The minimum atomic E-state index is -0.927. The molecule has 2 N–H and O–H groups in total. The topological polar surface area (TPSA) is 67.2 Å². The van der Waals surface area contributed by atoms with Crippen LogP contribution in [-0.4, -0.2) is 32.9 Å². The molecule has 0 bridgehead atoms. The molecule has 0 saturated heterocycles. The zero-order valence-corrected chi connectivity index (χ0v) is 15.2. The first-order valence-electron chi connectivity index (χ1n) is 7.97. The van der Waals surface area contributed by atoms with Crippen LogP contribution in [0.1, 0.15) is 77.5 Å². The number of amides is 1. The van der Waals surface area contributed by atoms with Crippen LogP contribution in [-0.2, 0) is 5.54 Å². The first-order valence-corrected chi connectivity index (χ1v) is 7.97. The number of aliphatic hydroxyl groups is 1. The summed E-state index contributed by atoms with van der Waals surface area (Å²) in [5.41, 5.74) is 0.330. The highest BCUT2D eigenvalue weighted by atomic mass is 16.3. The van der Waals surface area contributed by atoms with Crippen molar-refractivity contribution in [2.24, 2.45) is 5.92 Å². The van der Waals surface area contributed by atoms with E-state index in [0.29, 0.717) is 5.69 Å². The molecule has 1 amide bonds. The van der Waals surface area contributed by atoms with Crippen LogP contribution in [0.2, 0.25) is 0 Å². The summed E-state index contributed by atoms with van der Waals surface area (Å²) in [5, 5.41) is 17.5. The highest BCUT2D eigenvalue weighted by molar-refractivity contribution is 5.92. The largest absolute Gasteiger partial charge is 0.388 e. The molecule has 1 rings (SSSR count). The summed E-state index contributed by atoms with van der Waals surface area (Å²) in [6, 6.07) is 1.84. The van der Waals surface area contributed by atoms with E-state index < -0.39 is 5.60 Å². The lowest BCUT2D eigenvalue weighted by Gasteiger charge is -2.27. The molecule has 1 unspecified atom stereocenters. The zero-order chi connectivity index (χ0) is 17.3. The standard InChI is InChI=1S/C17H31N3O2/c1-11(2)14-9-13(19-20(14)16(5,6)7)15(21)18-10-17(8,22)12(3)4/h9,11-12,22H,10H2,1-8H3,(H,18,21). The van der Waals surface area contributed by atoms with E-state index >= 15 is 0 Å². The van der Waals surface area contributed by atoms with Crippen molar-refractivity contribution >= 4 is 5.91 Å². The quantitative estimate of drug-likeness (QED) is 0.879. The molecule has 1 aromatic heterocycles. The van der Waals surface area contributed by atoms with E-state index in [1.54, 1.807) is 6.92 Å². The van der Waals surface area contributed by atoms with Crippen molar-refractivity contribution < 1.29 is 9.90 Å². The predicted octanol–water partition coefficient (Wildman–Crippen LogP) is 2.90. The first kappa shape index (κ1) is 18.7. The summed E-state index contributed by atoms with van der Waals surface area (Å²) in [5.74, 6) is 0.101.